The minimum absolute atomic E-state index is 0.00447. The molecule has 0 aliphatic carbocycles. The molecule has 7 heteroatoms. The second kappa shape index (κ2) is 7.75. The molecule has 0 unspecified atom stereocenters. The van der Waals surface area contributed by atoms with Crippen molar-refractivity contribution in [3.63, 3.8) is 0 Å². The van der Waals surface area contributed by atoms with Crippen molar-refractivity contribution >= 4 is 5.97 Å². The Labute approximate surface area is 168 Å². The van der Waals surface area contributed by atoms with E-state index in [9.17, 15) is 9.59 Å². The first-order chi connectivity index (χ1) is 14.0. The summed E-state index contributed by atoms with van der Waals surface area (Å²) in [6, 6.07) is 11.1. The molecule has 2 aliphatic heterocycles. The summed E-state index contributed by atoms with van der Waals surface area (Å²) in [7, 11) is 1.28. The van der Waals surface area contributed by atoms with Crippen LogP contribution in [0, 0.1) is 6.92 Å². The largest absolute Gasteiger partial charge is 0.465 e. The van der Waals surface area contributed by atoms with Gasteiger partial charge in [0.25, 0.3) is 5.56 Å². The molecule has 1 aromatic heterocycles. The van der Waals surface area contributed by atoms with Crippen molar-refractivity contribution in [1.82, 2.24) is 4.57 Å². The number of carbonyl (C=O) groups is 1. The number of benzene rings is 1. The van der Waals surface area contributed by atoms with Gasteiger partial charge in [0.15, 0.2) is 0 Å². The van der Waals surface area contributed by atoms with Gasteiger partial charge in [-0.1, -0.05) is 30.3 Å². The Balaban J connectivity index is 1.90. The van der Waals surface area contributed by atoms with Crippen molar-refractivity contribution in [3.8, 4) is 5.75 Å². The number of hydrogen-bond donors (Lipinski definition) is 1. The average Bonchev–Trinajstić information content (AvgIpc) is 3.23. The Hall–Kier alpha value is -3.06. The van der Waals surface area contributed by atoms with E-state index in [0.29, 0.717) is 24.5 Å². The number of nitrogens with two attached hydrogens (primary N) is 1. The third-order valence-corrected chi connectivity index (χ3v) is 5.52. The Kier molecular flexibility index (Phi) is 5.15. The molecule has 0 amide bonds. The normalized spacial score (nSPS) is 20.9. The highest BCUT2D eigenvalue weighted by atomic mass is 16.5. The summed E-state index contributed by atoms with van der Waals surface area (Å²) in [5.41, 5.74) is 7.93. The van der Waals surface area contributed by atoms with E-state index in [-0.39, 0.29) is 23.1 Å². The number of aromatic nitrogens is 1. The fraction of sp³-hybridized carbons (Fsp3) is 0.364. The first kappa shape index (κ1) is 19.3. The molecule has 1 aromatic carbocycles. The van der Waals surface area contributed by atoms with Gasteiger partial charge in [-0.05, 0) is 25.3 Å². The maximum atomic E-state index is 13.6. The third-order valence-electron chi connectivity index (χ3n) is 5.52. The lowest BCUT2D eigenvalue weighted by Gasteiger charge is -2.29. The predicted octanol–water partition coefficient (Wildman–Crippen LogP) is 2.20. The summed E-state index contributed by atoms with van der Waals surface area (Å²) in [5.74, 6) is -0.965. The lowest BCUT2D eigenvalue weighted by molar-refractivity contribution is -0.136. The molecule has 1 saturated heterocycles. The summed E-state index contributed by atoms with van der Waals surface area (Å²) >= 11 is 0. The monoisotopic (exact) mass is 396 g/mol. The van der Waals surface area contributed by atoms with Crippen molar-refractivity contribution in [3.05, 3.63) is 75.0 Å². The van der Waals surface area contributed by atoms with Crippen LogP contribution in [-0.4, -0.2) is 30.4 Å². The minimum Gasteiger partial charge on any atom is -0.465 e. The molecule has 2 atom stereocenters. The molecular formula is C22H24N2O5. The highest BCUT2D eigenvalue weighted by molar-refractivity contribution is 5.92. The number of ether oxygens (including phenoxy) is 3. The highest BCUT2D eigenvalue weighted by Gasteiger charge is 2.38. The van der Waals surface area contributed by atoms with E-state index >= 15 is 0 Å². The Morgan fingerprint density at radius 1 is 1.31 bits per heavy atom. The van der Waals surface area contributed by atoms with Crippen LogP contribution in [0.1, 0.15) is 35.6 Å². The van der Waals surface area contributed by atoms with Crippen LogP contribution in [0.2, 0.25) is 0 Å². The van der Waals surface area contributed by atoms with Crippen molar-refractivity contribution in [2.45, 2.75) is 38.3 Å². The molecule has 4 rings (SSSR count). The Bertz CT molecular complexity index is 1020. The fourth-order valence-electron chi connectivity index (χ4n) is 4.09. The van der Waals surface area contributed by atoms with E-state index in [0.717, 1.165) is 24.1 Å². The van der Waals surface area contributed by atoms with Crippen LogP contribution in [0.15, 0.2) is 52.6 Å². The second-order valence-electron chi connectivity index (χ2n) is 7.33. The molecule has 3 heterocycles. The third kappa shape index (κ3) is 3.42. The number of fused-ring (bicyclic) bond motifs is 1. The van der Waals surface area contributed by atoms with Crippen LogP contribution in [0.5, 0.6) is 5.75 Å². The van der Waals surface area contributed by atoms with Gasteiger partial charge in [-0.2, -0.15) is 0 Å². The van der Waals surface area contributed by atoms with Crippen LogP contribution in [0.25, 0.3) is 0 Å². The Morgan fingerprint density at radius 2 is 2.07 bits per heavy atom. The zero-order chi connectivity index (χ0) is 20.5. The van der Waals surface area contributed by atoms with Crippen LogP contribution < -0.4 is 16.0 Å². The number of rotatable bonds is 4. The molecule has 0 radical (unpaired) electrons. The predicted molar refractivity (Wildman–Crippen MR) is 107 cm³/mol. The Morgan fingerprint density at radius 3 is 2.72 bits per heavy atom. The molecule has 2 aliphatic rings. The summed E-state index contributed by atoms with van der Waals surface area (Å²) in [5, 5.41) is 0. The molecule has 152 valence electrons. The maximum Gasteiger partial charge on any atom is 0.340 e. The van der Waals surface area contributed by atoms with E-state index in [4.69, 9.17) is 19.9 Å². The first-order valence-corrected chi connectivity index (χ1v) is 9.68. The molecule has 0 spiro atoms. The molecule has 29 heavy (non-hydrogen) atoms. The summed E-state index contributed by atoms with van der Waals surface area (Å²) in [4.78, 5) is 26.1. The van der Waals surface area contributed by atoms with E-state index < -0.39 is 11.9 Å². The number of aryl methyl sites for hydroxylation is 1. The van der Waals surface area contributed by atoms with E-state index in [1.807, 2.05) is 37.3 Å². The van der Waals surface area contributed by atoms with Crippen molar-refractivity contribution < 1.29 is 19.0 Å². The number of nitrogens with zero attached hydrogens (tertiary/aromatic N) is 1. The SMILES string of the molecule is COC(=O)C1=C(N)Oc2cc(C)n(C[C@@H]3CCCO3)c(=O)c2[C@@H]1c1ccccc1. The smallest absolute Gasteiger partial charge is 0.340 e. The van der Waals surface area contributed by atoms with Crippen molar-refractivity contribution in [2.24, 2.45) is 5.73 Å². The minimum atomic E-state index is -0.670. The summed E-state index contributed by atoms with van der Waals surface area (Å²) in [6.45, 7) is 3.03. The summed E-state index contributed by atoms with van der Waals surface area (Å²) in [6.07, 6.45) is 1.91. The molecule has 1 fully saturated rings. The van der Waals surface area contributed by atoms with Crippen molar-refractivity contribution in [1.29, 1.82) is 0 Å². The van der Waals surface area contributed by atoms with Crippen LogP contribution >= 0.6 is 0 Å². The van der Waals surface area contributed by atoms with Crippen LogP contribution in [-0.2, 0) is 20.8 Å². The van der Waals surface area contributed by atoms with E-state index in [1.165, 1.54) is 7.11 Å². The standard InChI is InChI=1S/C22H24N2O5/c1-13-11-16-18(21(25)24(13)12-15-9-6-10-28-15)17(14-7-4-3-5-8-14)19(20(23)29-16)22(26)27-2/h3-5,7-8,11,15,17H,6,9-10,12,23H2,1-2H3/t15-,17-/m0/s1. The molecule has 7 nitrogen and oxygen atoms in total. The average molecular weight is 396 g/mol. The maximum absolute atomic E-state index is 13.6. The summed E-state index contributed by atoms with van der Waals surface area (Å²) < 4.78 is 18.1. The van der Waals surface area contributed by atoms with Gasteiger partial charge in [0, 0.05) is 18.4 Å². The van der Waals surface area contributed by atoms with E-state index in [2.05, 4.69) is 0 Å². The topological polar surface area (TPSA) is 92.8 Å². The molecule has 0 bridgehead atoms. The number of carbonyl (C=O) groups excluding carboxylic acids is 1. The zero-order valence-electron chi connectivity index (χ0n) is 16.5. The lowest BCUT2D eigenvalue weighted by atomic mass is 9.83. The van der Waals surface area contributed by atoms with E-state index in [1.54, 1.807) is 10.6 Å². The quantitative estimate of drug-likeness (QED) is 0.797. The van der Waals surface area contributed by atoms with Gasteiger partial charge >= 0.3 is 5.97 Å². The zero-order valence-corrected chi connectivity index (χ0v) is 16.5. The van der Waals surface area contributed by atoms with Gasteiger partial charge in [-0.15, -0.1) is 0 Å². The number of pyridine rings is 1. The van der Waals surface area contributed by atoms with Gasteiger partial charge in [0.1, 0.15) is 11.3 Å². The van der Waals surface area contributed by atoms with Gasteiger partial charge in [0.05, 0.1) is 31.2 Å². The highest BCUT2D eigenvalue weighted by Crippen LogP contribution is 2.41. The number of hydrogen-bond acceptors (Lipinski definition) is 6. The van der Waals surface area contributed by atoms with Gasteiger partial charge < -0.3 is 24.5 Å². The molecular weight excluding hydrogens is 372 g/mol. The molecule has 2 aromatic rings. The second-order valence-corrected chi connectivity index (χ2v) is 7.33. The molecule has 0 saturated carbocycles. The fourth-order valence-corrected chi connectivity index (χ4v) is 4.09. The lowest BCUT2D eigenvalue weighted by Crippen LogP contribution is -2.36. The number of esters is 1. The number of methoxy groups -OCH3 is 1. The van der Waals surface area contributed by atoms with Crippen LogP contribution in [0.4, 0.5) is 0 Å². The van der Waals surface area contributed by atoms with Crippen LogP contribution in [0.3, 0.4) is 0 Å². The molecule has 2 N–H and O–H groups in total. The van der Waals surface area contributed by atoms with Gasteiger partial charge in [-0.3, -0.25) is 4.79 Å². The van der Waals surface area contributed by atoms with Gasteiger partial charge in [-0.25, -0.2) is 4.79 Å². The first-order valence-electron chi connectivity index (χ1n) is 9.68. The van der Waals surface area contributed by atoms with Crippen molar-refractivity contribution in [2.75, 3.05) is 13.7 Å². The van der Waals surface area contributed by atoms with Gasteiger partial charge in [0.2, 0.25) is 5.88 Å².